The lowest BCUT2D eigenvalue weighted by atomic mass is 10.1. The second-order valence-corrected chi connectivity index (χ2v) is 5.75. The number of nitrogens with one attached hydrogen (secondary N) is 2. The third kappa shape index (κ3) is 5.15. The third-order valence-corrected chi connectivity index (χ3v) is 3.95. The molecule has 0 radical (unpaired) electrons. The zero-order valence-electron chi connectivity index (χ0n) is 13.2. The first-order chi connectivity index (χ1) is 10.7. The summed E-state index contributed by atoms with van der Waals surface area (Å²) in [5.74, 6) is -0.172. The summed E-state index contributed by atoms with van der Waals surface area (Å²) in [5.41, 5.74) is 1.21. The number of carbonyl (C=O) groups excluding carboxylic acids is 2. The van der Waals surface area contributed by atoms with E-state index in [1.165, 1.54) is 32.1 Å². The maximum absolute atomic E-state index is 12.2. The van der Waals surface area contributed by atoms with Gasteiger partial charge < -0.3 is 10.6 Å². The smallest absolute Gasteiger partial charge is 0.251 e. The Morgan fingerprint density at radius 2 is 1.77 bits per heavy atom. The zero-order valence-corrected chi connectivity index (χ0v) is 13.2. The van der Waals surface area contributed by atoms with E-state index in [0.29, 0.717) is 17.8 Å². The van der Waals surface area contributed by atoms with Gasteiger partial charge in [0.05, 0.1) is 6.54 Å². The van der Waals surface area contributed by atoms with Crippen LogP contribution >= 0.6 is 0 Å². The first-order valence-electron chi connectivity index (χ1n) is 8.03. The van der Waals surface area contributed by atoms with Gasteiger partial charge in [0, 0.05) is 18.3 Å². The van der Waals surface area contributed by atoms with Crippen molar-refractivity contribution in [2.24, 2.45) is 0 Å². The maximum Gasteiger partial charge on any atom is 0.251 e. The van der Waals surface area contributed by atoms with Crippen LogP contribution in [0.2, 0.25) is 0 Å². The fourth-order valence-corrected chi connectivity index (χ4v) is 2.76. The molecule has 22 heavy (non-hydrogen) atoms. The van der Waals surface area contributed by atoms with Crippen LogP contribution in [0, 0.1) is 0 Å². The number of carbonyl (C=O) groups is 2. The predicted molar refractivity (Wildman–Crippen MR) is 88.0 cm³/mol. The second kappa shape index (κ2) is 8.54. The average Bonchev–Trinajstić information content (AvgIpc) is 2.49. The number of hydrogen-bond donors (Lipinski definition) is 2. The first kappa shape index (κ1) is 16.5. The van der Waals surface area contributed by atoms with Gasteiger partial charge >= 0.3 is 0 Å². The van der Waals surface area contributed by atoms with Gasteiger partial charge in [-0.1, -0.05) is 25.3 Å². The van der Waals surface area contributed by atoms with Crippen LogP contribution < -0.4 is 10.6 Å². The summed E-state index contributed by atoms with van der Waals surface area (Å²) in [7, 11) is 1.59. The minimum absolute atomic E-state index is 0.0189. The number of hydrogen-bond acceptors (Lipinski definition) is 3. The average molecular weight is 303 g/mol. The van der Waals surface area contributed by atoms with E-state index in [2.05, 4.69) is 15.5 Å². The van der Waals surface area contributed by atoms with Gasteiger partial charge in [-0.25, -0.2) is 0 Å². The van der Waals surface area contributed by atoms with Gasteiger partial charge in [0.1, 0.15) is 0 Å². The van der Waals surface area contributed by atoms with Crippen molar-refractivity contribution in [3.05, 3.63) is 29.8 Å². The van der Waals surface area contributed by atoms with Crippen LogP contribution in [0.15, 0.2) is 24.3 Å². The third-order valence-electron chi connectivity index (χ3n) is 3.95. The van der Waals surface area contributed by atoms with E-state index in [1.807, 2.05) is 0 Å². The Balaban J connectivity index is 1.89. The first-order valence-corrected chi connectivity index (χ1v) is 8.03. The summed E-state index contributed by atoms with van der Waals surface area (Å²) in [6.07, 6.45) is 6.16. The molecule has 0 aromatic heterocycles. The van der Waals surface area contributed by atoms with Gasteiger partial charge in [-0.15, -0.1) is 0 Å². The predicted octanol–water partition coefficient (Wildman–Crippen LogP) is 2.25. The molecule has 2 amide bonds. The van der Waals surface area contributed by atoms with Gasteiger partial charge in [0.25, 0.3) is 5.91 Å². The number of nitrogens with zero attached hydrogens (tertiary/aromatic N) is 1. The maximum atomic E-state index is 12.2. The Morgan fingerprint density at radius 1 is 1.09 bits per heavy atom. The van der Waals surface area contributed by atoms with Gasteiger partial charge in [0.15, 0.2) is 0 Å². The van der Waals surface area contributed by atoms with Crippen molar-refractivity contribution in [1.82, 2.24) is 10.2 Å². The highest BCUT2D eigenvalue weighted by Crippen LogP contribution is 2.12. The van der Waals surface area contributed by atoms with E-state index in [1.54, 1.807) is 31.3 Å². The molecule has 2 rings (SSSR count). The molecule has 0 aliphatic carbocycles. The fourth-order valence-electron chi connectivity index (χ4n) is 2.76. The SMILES string of the molecule is CNC(=O)c1cccc(NC(=O)CN2CCCCCCC2)c1. The van der Waals surface area contributed by atoms with Crippen LogP contribution in [0.25, 0.3) is 0 Å². The summed E-state index contributed by atoms with van der Waals surface area (Å²) in [6, 6.07) is 7.01. The summed E-state index contributed by atoms with van der Waals surface area (Å²) < 4.78 is 0. The normalized spacial score (nSPS) is 16.4. The Labute approximate surface area is 132 Å². The molecule has 1 aliphatic heterocycles. The molecule has 1 fully saturated rings. The molecule has 0 atom stereocenters. The van der Waals surface area contributed by atoms with E-state index in [0.717, 1.165) is 13.1 Å². The van der Waals surface area contributed by atoms with Gasteiger partial charge in [-0.3, -0.25) is 14.5 Å². The quantitative estimate of drug-likeness (QED) is 0.897. The van der Waals surface area contributed by atoms with Crippen molar-refractivity contribution in [1.29, 1.82) is 0 Å². The molecule has 1 saturated heterocycles. The second-order valence-electron chi connectivity index (χ2n) is 5.75. The molecule has 120 valence electrons. The van der Waals surface area contributed by atoms with Crippen molar-refractivity contribution in [2.75, 3.05) is 32.0 Å². The lowest BCUT2D eigenvalue weighted by molar-refractivity contribution is -0.117. The fraction of sp³-hybridized carbons (Fsp3) is 0.529. The van der Waals surface area contributed by atoms with E-state index >= 15 is 0 Å². The van der Waals surface area contributed by atoms with Crippen molar-refractivity contribution >= 4 is 17.5 Å². The molecule has 5 heteroatoms. The monoisotopic (exact) mass is 303 g/mol. The molecule has 0 unspecified atom stereocenters. The zero-order chi connectivity index (χ0) is 15.8. The number of rotatable bonds is 4. The number of anilines is 1. The van der Waals surface area contributed by atoms with E-state index in [9.17, 15) is 9.59 Å². The highest BCUT2D eigenvalue weighted by molar-refractivity contribution is 5.97. The lowest BCUT2D eigenvalue weighted by Gasteiger charge is -2.23. The molecule has 0 saturated carbocycles. The summed E-state index contributed by atoms with van der Waals surface area (Å²) in [4.78, 5) is 26.0. The Bertz CT molecular complexity index is 508. The number of benzene rings is 1. The van der Waals surface area contributed by atoms with Crippen LogP contribution in [0.3, 0.4) is 0 Å². The summed E-state index contributed by atoms with van der Waals surface area (Å²) in [6.45, 7) is 2.40. The molecular weight excluding hydrogens is 278 g/mol. The Morgan fingerprint density at radius 3 is 2.45 bits per heavy atom. The molecule has 1 aliphatic rings. The van der Waals surface area contributed by atoms with Crippen LogP contribution in [-0.4, -0.2) is 43.4 Å². The molecule has 2 N–H and O–H groups in total. The van der Waals surface area contributed by atoms with Crippen molar-refractivity contribution < 1.29 is 9.59 Å². The molecule has 1 heterocycles. The molecule has 0 spiro atoms. The van der Waals surface area contributed by atoms with Crippen LogP contribution in [0.5, 0.6) is 0 Å². The van der Waals surface area contributed by atoms with Gasteiger partial charge in [-0.2, -0.15) is 0 Å². The van der Waals surface area contributed by atoms with E-state index in [4.69, 9.17) is 0 Å². The summed E-state index contributed by atoms with van der Waals surface area (Å²) in [5, 5.41) is 5.46. The van der Waals surface area contributed by atoms with Crippen molar-refractivity contribution in [2.45, 2.75) is 32.1 Å². The van der Waals surface area contributed by atoms with Crippen molar-refractivity contribution in [3.63, 3.8) is 0 Å². The van der Waals surface area contributed by atoms with E-state index in [-0.39, 0.29) is 11.8 Å². The highest BCUT2D eigenvalue weighted by Gasteiger charge is 2.13. The molecule has 1 aromatic rings. The van der Waals surface area contributed by atoms with Crippen LogP contribution in [0.1, 0.15) is 42.5 Å². The van der Waals surface area contributed by atoms with Crippen LogP contribution in [-0.2, 0) is 4.79 Å². The Hall–Kier alpha value is -1.88. The van der Waals surface area contributed by atoms with Crippen LogP contribution in [0.4, 0.5) is 5.69 Å². The molecule has 5 nitrogen and oxygen atoms in total. The largest absolute Gasteiger partial charge is 0.355 e. The summed E-state index contributed by atoms with van der Waals surface area (Å²) >= 11 is 0. The number of amides is 2. The van der Waals surface area contributed by atoms with Gasteiger partial charge in [-0.05, 0) is 44.1 Å². The molecule has 0 bridgehead atoms. The molecular formula is C17H25N3O2. The highest BCUT2D eigenvalue weighted by atomic mass is 16.2. The lowest BCUT2D eigenvalue weighted by Crippen LogP contribution is -2.35. The minimum atomic E-state index is -0.153. The minimum Gasteiger partial charge on any atom is -0.355 e. The van der Waals surface area contributed by atoms with E-state index < -0.39 is 0 Å². The van der Waals surface area contributed by atoms with Crippen molar-refractivity contribution in [3.8, 4) is 0 Å². The molecule has 1 aromatic carbocycles. The topological polar surface area (TPSA) is 61.4 Å². The Kier molecular flexibility index (Phi) is 6.40. The number of likely N-dealkylation sites (tertiary alicyclic amines) is 1. The standard InChI is InChI=1S/C17H25N3O2/c1-18-17(22)14-8-7-9-15(12-14)19-16(21)13-20-10-5-3-2-4-6-11-20/h7-9,12H,2-6,10-11,13H2,1H3,(H,18,22)(H,19,21). The van der Waals surface area contributed by atoms with Gasteiger partial charge in [0.2, 0.25) is 5.91 Å².